The molecule has 1 heterocycles. The summed E-state index contributed by atoms with van der Waals surface area (Å²) in [5, 5.41) is 7.13. The number of rotatable bonds is 5. The Kier molecular flexibility index (Phi) is 5.18. The number of aryl methyl sites for hydroxylation is 2. The smallest absolute Gasteiger partial charge is 0.287 e. The lowest BCUT2D eigenvalue weighted by molar-refractivity contribution is -0.117. The number of benzene rings is 2. The normalized spacial score (nSPS) is 10.6. The minimum absolute atomic E-state index is 0.0503. The molecule has 1 N–H and O–H groups in total. The number of aromatic nitrogens is 2. The third kappa shape index (κ3) is 4.00. The van der Waals surface area contributed by atoms with Gasteiger partial charge in [-0.05, 0) is 55.9 Å². The second-order valence-corrected chi connectivity index (χ2v) is 6.30. The first-order chi connectivity index (χ1) is 12.5. The van der Waals surface area contributed by atoms with E-state index in [0.717, 1.165) is 16.7 Å². The molecule has 26 heavy (non-hydrogen) atoms. The molecule has 0 aliphatic rings. The zero-order valence-corrected chi connectivity index (χ0v) is 15.6. The number of carbonyl (C=O) groups is 1. The van der Waals surface area contributed by atoms with Crippen LogP contribution in [0.15, 0.2) is 46.9 Å². The molecule has 1 aromatic heterocycles. The minimum Gasteiger partial charge on any atom is -0.495 e. The number of nitrogens with one attached hydrogen (secondary N) is 1. The molecule has 0 saturated heterocycles. The van der Waals surface area contributed by atoms with Crippen molar-refractivity contribution in [1.82, 2.24) is 9.78 Å². The fraction of sp³-hybridized carbons (Fsp3) is 0.211. The van der Waals surface area contributed by atoms with Crippen molar-refractivity contribution in [2.75, 3.05) is 12.4 Å². The first-order valence-electron chi connectivity index (χ1n) is 8.06. The molecule has 0 saturated carbocycles. The van der Waals surface area contributed by atoms with E-state index in [-0.39, 0.29) is 17.3 Å². The van der Waals surface area contributed by atoms with Crippen LogP contribution in [0.25, 0.3) is 11.5 Å². The van der Waals surface area contributed by atoms with Gasteiger partial charge in [0.15, 0.2) is 0 Å². The quantitative estimate of drug-likeness (QED) is 0.685. The van der Waals surface area contributed by atoms with Crippen LogP contribution < -0.4 is 10.1 Å². The van der Waals surface area contributed by atoms with Gasteiger partial charge in [-0.1, -0.05) is 23.8 Å². The van der Waals surface area contributed by atoms with E-state index in [1.807, 2.05) is 56.3 Å². The average Bonchev–Trinajstić information content (AvgIpc) is 2.96. The number of hydrogen-bond acceptors (Lipinski definition) is 5. The van der Waals surface area contributed by atoms with Gasteiger partial charge in [0.25, 0.3) is 4.84 Å². The van der Waals surface area contributed by atoms with Crippen LogP contribution in [0.2, 0.25) is 0 Å². The molecule has 0 aliphatic heterocycles. The highest BCUT2D eigenvalue weighted by molar-refractivity contribution is 7.71. The van der Waals surface area contributed by atoms with Crippen LogP contribution in [0.3, 0.4) is 0 Å². The van der Waals surface area contributed by atoms with Crippen molar-refractivity contribution in [2.45, 2.75) is 20.4 Å². The van der Waals surface area contributed by atoms with E-state index in [1.165, 1.54) is 4.68 Å². The molecule has 0 radical (unpaired) electrons. The lowest BCUT2D eigenvalue weighted by Gasteiger charge is -2.10. The Morgan fingerprint density at radius 3 is 2.58 bits per heavy atom. The minimum atomic E-state index is -0.270. The van der Waals surface area contributed by atoms with Crippen LogP contribution in [0, 0.1) is 18.7 Å². The van der Waals surface area contributed by atoms with Gasteiger partial charge in [-0.25, -0.2) is 4.68 Å². The fourth-order valence-corrected chi connectivity index (χ4v) is 2.65. The predicted molar refractivity (Wildman–Crippen MR) is 102 cm³/mol. The highest BCUT2D eigenvalue weighted by atomic mass is 32.1. The molecule has 7 heteroatoms. The highest BCUT2D eigenvalue weighted by Crippen LogP contribution is 2.25. The molecule has 1 amide bonds. The van der Waals surface area contributed by atoms with E-state index >= 15 is 0 Å². The van der Waals surface area contributed by atoms with Gasteiger partial charge in [0.2, 0.25) is 11.8 Å². The lowest BCUT2D eigenvalue weighted by Crippen LogP contribution is -2.20. The van der Waals surface area contributed by atoms with Crippen molar-refractivity contribution in [3.05, 3.63) is 58.4 Å². The summed E-state index contributed by atoms with van der Waals surface area (Å²) in [5.41, 5.74) is 3.56. The van der Waals surface area contributed by atoms with Gasteiger partial charge in [-0.2, -0.15) is 0 Å². The third-order valence-corrected chi connectivity index (χ3v) is 4.12. The maximum absolute atomic E-state index is 12.4. The standard InChI is InChI=1S/C19H19N3O3S/c1-12-4-7-14(8-5-12)18-21-22(19(26)25-18)11-17(23)20-15-10-13(2)6-9-16(15)24-3/h4-10H,11H2,1-3H3,(H,20,23). The average molecular weight is 369 g/mol. The number of ether oxygens (including phenoxy) is 1. The van der Waals surface area contributed by atoms with Gasteiger partial charge in [0.05, 0.1) is 12.8 Å². The molecule has 6 nitrogen and oxygen atoms in total. The van der Waals surface area contributed by atoms with E-state index in [0.29, 0.717) is 17.3 Å². The number of anilines is 1. The second-order valence-electron chi connectivity index (χ2n) is 5.95. The molecule has 0 unspecified atom stereocenters. The van der Waals surface area contributed by atoms with Gasteiger partial charge in [-0.3, -0.25) is 4.79 Å². The van der Waals surface area contributed by atoms with Crippen molar-refractivity contribution in [3.63, 3.8) is 0 Å². The van der Waals surface area contributed by atoms with Crippen LogP contribution in [0.4, 0.5) is 5.69 Å². The Bertz CT molecular complexity index is 990. The number of nitrogens with zero attached hydrogens (tertiary/aromatic N) is 2. The van der Waals surface area contributed by atoms with Crippen LogP contribution in [-0.4, -0.2) is 22.8 Å². The second kappa shape index (κ2) is 7.53. The fourth-order valence-electron chi connectivity index (χ4n) is 2.46. The van der Waals surface area contributed by atoms with Gasteiger partial charge < -0.3 is 14.5 Å². The van der Waals surface area contributed by atoms with E-state index in [9.17, 15) is 4.79 Å². The number of hydrogen-bond donors (Lipinski definition) is 1. The Balaban J connectivity index is 1.77. The van der Waals surface area contributed by atoms with Crippen LogP contribution in [0.1, 0.15) is 11.1 Å². The molecule has 0 aliphatic carbocycles. The Morgan fingerprint density at radius 1 is 1.19 bits per heavy atom. The highest BCUT2D eigenvalue weighted by Gasteiger charge is 2.13. The summed E-state index contributed by atoms with van der Waals surface area (Å²) in [5.74, 6) is 0.706. The number of carbonyl (C=O) groups excluding carboxylic acids is 1. The van der Waals surface area contributed by atoms with E-state index in [1.54, 1.807) is 7.11 Å². The van der Waals surface area contributed by atoms with Crippen LogP contribution in [0.5, 0.6) is 5.75 Å². The molecule has 0 atom stereocenters. The molecule has 134 valence electrons. The number of methoxy groups -OCH3 is 1. The monoisotopic (exact) mass is 369 g/mol. The molecule has 0 spiro atoms. The Morgan fingerprint density at radius 2 is 1.88 bits per heavy atom. The third-order valence-electron chi connectivity index (χ3n) is 3.83. The molecule has 0 fully saturated rings. The largest absolute Gasteiger partial charge is 0.495 e. The van der Waals surface area contributed by atoms with Gasteiger partial charge in [0.1, 0.15) is 12.3 Å². The van der Waals surface area contributed by atoms with Crippen molar-refractivity contribution >= 4 is 23.8 Å². The van der Waals surface area contributed by atoms with Gasteiger partial charge >= 0.3 is 0 Å². The van der Waals surface area contributed by atoms with Crippen molar-refractivity contribution in [3.8, 4) is 17.2 Å². The first-order valence-corrected chi connectivity index (χ1v) is 8.46. The zero-order valence-electron chi connectivity index (χ0n) is 14.8. The molecule has 2 aromatic carbocycles. The first kappa shape index (κ1) is 17.9. The zero-order chi connectivity index (χ0) is 18.7. The summed E-state index contributed by atoms with van der Waals surface area (Å²) >= 11 is 5.18. The van der Waals surface area contributed by atoms with E-state index in [2.05, 4.69) is 10.4 Å². The summed E-state index contributed by atoms with van der Waals surface area (Å²) in [6, 6.07) is 13.3. The van der Waals surface area contributed by atoms with E-state index < -0.39 is 0 Å². The summed E-state index contributed by atoms with van der Waals surface area (Å²) in [4.78, 5) is 12.5. The predicted octanol–water partition coefficient (Wildman–Crippen LogP) is 4.14. The Labute approximate surface area is 156 Å². The molecular weight excluding hydrogens is 350 g/mol. The van der Waals surface area contributed by atoms with E-state index in [4.69, 9.17) is 21.4 Å². The maximum Gasteiger partial charge on any atom is 0.287 e. The summed E-state index contributed by atoms with van der Waals surface area (Å²) in [6.07, 6.45) is 0. The van der Waals surface area contributed by atoms with Crippen molar-refractivity contribution in [2.24, 2.45) is 0 Å². The summed E-state index contributed by atoms with van der Waals surface area (Å²) in [7, 11) is 1.56. The van der Waals surface area contributed by atoms with Crippen molar-refractivity contribution < 1.29 is 13.9 Å². The van der Waals surface area contributed by atoms with Crippen LogP contribution >= 0.6 is 12.2 Å². The molecule has 3 rings (SSSR count). The topological polar surface area (TPSA) is 69.3 Å². The lowest BCUT2D eigenvalue weighted by atomic mass is 10.1. The summed E-state index contributed by atoms with van der Waals surface area (Å²) < 4.78 is 12.2. The van der Waals surface area contributed by atoms with Crippen molar-refractivity contribution in [1.29, 1.82) is 0 Å². The molecule has 0 bridgehead atoms. The molecule has 3 aromatic rings. The summed E-state index contributed by atoms with van der Waals surface area (Å²) in [6.45, 7) is 3.89. The van der Waals surface area contributed by atoms with Gasteiger partial charge in [-0.15, -0.1) is 5.10 Å². The number of amides is 1. The molecular formula is C19H19N3O3S. The SMILES string of the molecule is COc1ccc(C)cc1NC(=O)Cn1nc(-c2ccc(C)cc2)oc1=S. The van der Waals surface area contributed by atoms with Gasteiger partial charge in [0, 0.05) is 5.56 Å². The Hall–Kier alpha value is -2.93. The maximum atomic E-state index is 12.4. The van der Waals surface area contributed by atoms with Crippen LogP contribution in [-0.2, 0) is 11.3 Å².